The van der Waals surface area contributed by atoms with Crippen molar-refractivity contribution >= 4 is 18.1 Å². The number of carbonyl (C=O) groups excluding carboxylic acids is 2. The van der Waals surface area contributed by atoms with Gasteiger partial charge in [0.05, 0.1) is 0 Å². The Morgan fingerprint density at radius 2 is 1.62 bits per heavy atom. The van der Waals surface area contributed by atoms with Crippen LogP contribution in [-0.2, 0) is 22.6 Å². The third kappa shape index (κ3) is 5.51. The Bertz CT molecular complexity index is 726. The van der Waals surface area contributed by atoms with Crippen molar-refractivity contribution < 1.29 is 19.1 Å². The minimum Gasteiger partial charge on any atom is -0.445 e. The van der Waals surface area contributed by atoms with E-state index in [1.807, 2.05) is 60.7 Å². The van der Waals surface area contributed by atoms with Crippen LogP contribution in [0, 0.1) is 0 Å². The molecule has 1 atom stereocenters. The van der Waals surface area contributed by atoms with E-state index in [1.54, 1.807) is 0 Å². The Hall–Kier alpha value is -3.24. The summed E-state index contributed by atoms with van der Waals surface area (Å²) in [5, 5.41) is 2.51. The van der Waals surface area contributed by atoms with E-state index in [4.69, 9.17) is 10.3 Å². The number of hydrogen-bond donors (Lipinski definition) is 1. The maximum absolute atomic E-state index is 12.0. The van der Waals surface area contributed by atoms with Crippen molar-refractivity contribution in [3.05, 3.63) is 77.3 Å². The first-order valence-corrected chi connectivity index (χ1v) is 7.41. The molecule has 0 heterocycles. The highest BCUT2D eigenvalue weighted by atomic mass is 16.5. The Balaban J connectivity index is 1.97. The first-order chi connectivity index (χ1) is 11.7. The minimum atomic E-state index is -0.869. The summed E-state index contributed by atoms with van der Waals surface area (Å²) in [6, 6.07) is 17.6. The van der Waals surface area contributed by atoms with Crippen molar-refractivity contribution in [1.29, 1.82) is 0 Å². The van der Waals surface area contributed by atoms with Gasteiger partial charge in [0.1, 0.15) is 12.6 Å². The van der Waals surface area contributed by atoms with Crippen LogP contribution in [0.5, 0.6) is 0 Å². The van der Waals surface area contributed by atoms with E-state index >= 15 is 0 Å². The molecule has 2 aromatic carbocycles. The standard InChI is InChI=1S/C18H17N3O3/c19-20-12-17(22)16(11-14-7-3-1-4-8-14)21-18(23)24-13-15-9-5-2-6-10-15/h1-10,12,16H,11,13H2,(H,21,23)/t16-/m1/s1. The second kappa shape index (κ2) is 9.02. The van der Waals surface area contributed by atoms with Gasteiger partial charge in [-0.2, -0.15) is 4.79 Å². The fourth-order valence-electron chi connectivity index (χ4n) is 2.13. The molecule has 0 aliphatic carbocycles. The molecule has 0 unspecified atom stereocenters. The van der Waals surface area contributed by atoms with Gasteiger partial charge in [-0.3, -0.25) is 4.79 Å². The average Bonchev–Trinajstić information content (AvgIpc) is 2.61. The molecule has 0 aromatic heterocycles. The lowest BCUT2D eigenvalue weighted by Gasteiger charge is -2.14. The molecule has 2 aromatic rings. The molecule has 6 heteroatoms. The monoisotopic (exact) mass is 323 g/mol. The van der Waals surface area contributed by atoms with Gasteiger partial charge in [0.25, 0.3) is 5.78 Å². The van der Waals surface area contributed by atoms with Gasteiger partial charge < -0.3 is 15.6 Å². The maximum Gasteiger partial charge on any atom is 0.408 e. The van der Waals surface area contributed by atoms with Crippen LogP contribution in [0.1, 0.15) is 11.1 Å². The molecule has 0 bridgehead atoms. The summed E-state index contributed by atoms with van der Waals surface area (Å²) in [4.78, 5) is 26.6. The number of amides is 1. The van der Waals surface area contributed by atoms with Crippen molar-refractivity contribution in [2.24, 2.45) is 0 Å². The summed E-state index contributed by atoms with van der Waals surface area (Å²) in [7, 11) is 0. The van der Waals surface area contributed by atoms with Gasteiger partial charge >= 0.3 is 12.3 Å². The topological polar surface area (TPSA) is 91.8 Å². The molecular formula is C18H17N3O3. The summed E-state index contributed by atoms with van der Waals surface area (Å²) in [6.45, 7) is 0.104. The number of nitrogens with one attached hydrogen (secondary N) is 1. The van der Waals surface area contributed by atoms with Gasteiger partial charge in [0.2, 0.25) is 0 Å². The van der Waals surface area contributed by atoms with Gasteiger partial charge in [-0.1, -0.05) is 60.7 Å². The van der Waals surface area contributed by atoms with Crippen molar-refractivity contribution in [3.63, 3.8) is 0 Å². The van der Waals surface area contributed by atoms with Crippen LogP contribution < -0.4 is 5.32 Å². The quantitative estimate of drug-likeness (QED) is 0.482. The molecule has 0 radical (unpaired) electrons. The number of ketones is 1. The Morgan fingerprint density at radius 3 is 2.21 bits per heavy atom. The molecule has 122 valence electrons. The average molecular weight is 323 g/mol. The highest BCUT2D eigenvalue weighted by Gasteiger charge is 2.23. The van der Waals surface area contributed by atoms with Crippen LogP contribution in [0.3, 0.4) is 0 Å². The summed E-state index contributed by atoms with van der Waals surface area (Å²) in [5.74, 6) is -0.516. The van der Waals surface area contributed by atoms with Gasteiger partial charge in [-0.05, 0) is 11.1 Å². The number of benzene rings is 2. The van der Waals surface area contributed by atoms with Crippen LogP contribution in [0.15, 0.2) is 60.7 Å². The molecule has 1 N–H and O–H groups in total. The summed E-state index contributed by atoms with van der Waals surface area (Å²) in [6.07, 6.45) is 0.330. The lowest BCUT2D eigenvalue weighted by atomic mass is 10.0. The zero-order chi connectivity index (χ0) is 17.2. The lowest BCUT2D eigenvalue weighted by Crippen LogP contribution is -2.43. The van der Waals surface area contributed by atoms with Gasteiger partial charge in [-0.15, -0.1) is 0 Å². The predicted molar refractivity (Wildman–Crippen MR) is 88.4 cm³/mol. The third-order valence-electron chi connectivity index (χ3n) is 3.32. The van der Waals surface area contributed by atoms with E-state index in [0.717, 1.165) is 17.3 Å². The number of Topliss-reactive ketones (excluding diaryl/α,β-unsaturated/α-hetero) is 1. The second-order valence-corrected chi connectivity index (χ2v) is 5.10. The zero-order valence-electron chi connectivity index (χ0n) is 13.0. The van der Waals surface area contributed by atoms with E-state index in [2.05, 4.69) is 10.1 Å². The SMILES string of the molecule is [N-]=[N+]=CC(=O)[C@@H](Cc1ccccc1)NC(=O)OCc1ccccc1. The number of nitrogens with zero attached hydrogens (tertiary/aromatic N) is 2. The molecule has 0 saturated carbocycles. The molecule has 2 rings (SSSR count). The first-order valence-electron chi connectivity index (χ1n) is 7.41. The number of alkyl carbamates (subject to hydrolysis) is 1. The minimum absolute atomic E-state index is 0.104. The number of rotatable bonds is 7. The van der Waals surface area contributed by atoms with Gasteiger partial charge in [0.15, 0.2) is 0 Å². The van der Waals surface area contributed by atoms with Crippen molar-refractivity contribution in [3.8, 4) is 0 Å². The molecule has 0 saturated heterocycles. The molecule has 6 nitrogen and oxygen atoms in total. The summed E-state index contributed by atoms with van der Waals surface area (Å²) in [5.41, 5.74) is 10.3. The Labute approximate surface area is 139 Å². The van der Waals surface area contributed by atoms with E-state index < -0.39 is 17.9 Å². The largest absolute Gasteiger partial charge is 0.445 e. The molecule has 0 aliphatic heterocycles. The molecular weight excluding hydrogens is 306 g/mol. The Kier molecular flexibility index (Phi) is 6.44. The second-order valence-electron chi connectivity index (χ2n) is 5.10. The van der Waals surface area contributed by atoms with E-state index in [9.17, 15) is 9.59 Å². The predicted octanol–water partition coefficient (Wildman–Crippen LogP) is 2.39. The number of ether oxygens (including phenoxy) is 1. The normalized spacial score (nSPS) is 11.0. The fraction of sp³-hybridized carbons (Fsp3) is 0.167. The summed E-state index contributed by atoms with van der Waals surface area (Å²) >= 11 is 0. The fourth-order valence-corrected chi connectivity index (χ4v) is 2.13. The molecule has 1 amide bonds. The molecule has 0 spiro atoms. The number of carbonyl (C=O) groups is 2. The van der Waals surface area contributed by atoms with Crippen molar-refractivity contribution in [2.45, 2.75) is 19.1 Å². The van der Waals surface area contributed by atoms with Gasteiger partial charge in [0, 0.05) is 6.42 Å². The van der Waals surface area contributed by atoms with Crippen LogP contribution in [-0.4, -0.2) is 28.9 Å². The summed E-state index contributed by atoms with van der Waals surface area (Å²) < 4.78 is 5.12. The van der Waals surface area contributed by atoms with Crippen molar-refractivity contribution in [2.75, 3.05) is 0 Å². The highest BCUT2D eigenvalue weighted by Crippen LogP contribution is 2.05. The maximum atomic E-state index is 12.0. The van der Waals surface area contributed by atoms with E-state index in [1.165, 1.54) is 0 Å². The molecule has 24 heavy (non-hydrogen) atoms. The van der Waals surface area contributed by atoms with Crippen molar-refractivity contribution in [1.82, 2.24) is 5.32 Å². The zero-order valence-corrected chi connectivity index (χ0v) is 13.0. The van der Waals surface area contributed by atoms with Crippen LogP contribution in [0.25, 0.3) is 5.53 Å². The first kappa shape index (κ1) is 17.1. The lowest BCUT2D eigenvalue weighted by molar-refractivity contribution is -0.117. The Morgan fingerprint density at radius 1 is 1.04 bits per heavy atom. The molecule has 0 aliphatic rings. The number of hydrogen-bond acceptors (Lipinski definition) is 3. The molecule has 0 fully saturated rings. The van der Waals surface area contributed by atoms with E-state index in [-0.39, 0.29) is 13.0 Å². The smallest absolute Gasteiger partial charge is 0.408 e. The highest BCUT2D eigenvalue weighted by molar-refractivity contribution is 6.28. The van der Waals surface area contributed by atoms with Gasteiger partial charge in [-0.25, -0.2) is 4.79 Å². The van der Waals surface area contributed by atoms with E-state index in [0.29, 0.717) is 0 Å². The van der Waals surface area contributed by atoms with Crippen LogP contribution in [0.2, 0.25) is 0 Å². The van der Waals surface area contributed by atoms with Crippen LogP contribution >= 0.6 is 0 Å². The van der Waals surface area contributed by atoms with Crippen LogP contribution in [0.4, 0.5) is 4.79 Å². The third-order valence-corrected chi connectivity index (χ3v) is 3.32.